The lowest BCUT2D eigenvalue weighted by Crippen LogP contribution is -2.46. The van der Waals surface area contributed by atoms with Crippen LogP contribution in [0.3, 0.4) is 0 Å². The highest BCUT2D eigenvalue weighted by molar-refractivity contribution is 7.97. The Kier molecular flexibility index (Phi) is 6.63. The molecule has 3 nitrogen and oxygen atoms in total. The fourth-order valence-corrected chi connectivity index (χ4v) is 5.00. The molecule has 166 valence electrons. The van der Waals surface area contributed by atoms with E-state index in [1.165, 1.54) is 24.1 Å². The number of amides is 1. The second-order valence-electron chi connectivity index (χ2n) is 8.42. The molecule has 1 heterocycles. The lowest BCUT2D eigenvalue weighted by Gasteiger charge is -2.29. The molecule has 1 amide bonds. The lowest BCUT2D eigenvalue weighted by atomic mass is 9.95. The molecule has 2 fully saturated rings. The van der Waals surface area contributed by atoms with Gasteiger partial charge in [-0.2, -0.15) is 0 Å². The van der Waals surface area contributed by atoms with Gasteiger partial charge in [0.05, 0.1) is 18.6 Å². The molecule has 0 spiro atoms. The van der Waals surface area contributed by atoms with E-state index in [2.05, 4.69) is 4.72 Å². The normalized spacial score (nSPS) is 23.4. The van der Waals surface area contributed by atoms with Crippen LogP contribution in [0.5, 0.6) is 0 Å². The Morgan fingerprint density at radius 2 is 2.00 bits per heavy atom. The summed E-state index contributed by atoms with van der Waals surface area (Å²) in [4.78, 5) is 14.4. The number of hydrogen-bond acceptors (Lipinski definition) is 3. The first kappa shape index (κ1) is 22.2. The maximum absolute atomic E-state index is 15.5. The molecule has 1 saturated heterocycles. The summed E-state index contributed by atoms with van der Waals surface area (Å²) in [5.41, 5.74) is 1.88. The Bertz CT molecular complexity index is 946. The summed E-state index contributed by atoms with van der Waals surface area (Å²) in [5, 5.41) is 0. The quantitative estimate of drug-likeness (QED) is 0.601. The summed E-state index contributed by atoms with van der Waals surface area (Å²) in [6.45, 7) is 3.76. The zero-order valence-corrected chi connectivity index (χ0v) is 18.5. The summed E-state index contributed by atoms with van der Waals surface area (Å²) >= 11 is 1.41. The molecule has 31 heavy (non-hydrogen) atoms. The minimum absolute atomic E-state index is 0.0290. The van der Waals surface area contributed by atoms with E-state index in [-0.39, 0.29) is 24.8 Å². The van der Waals surface area contributed by atoms with Crippen LogP contribution < -0.4 is 4.72 Å². The van der Waals surface area contributed by atoms with Crippen molar-refractivity contribution in [3.05, 3.63) is 59.2 Å². The lowest BCUT2D eigenvalue weighted by molar-refractivity contribution is -0.133. The summed E-state index contributed by atoms with van der Waals surface area (Å²) < 4.78 is 47.4. The molecule has 3 atom stereocenters. The van der Waals surface area contributed by atoms with Crippen LogP contribution in [0.2, 0.25) is 0 Å². The molecule has 1 aliphatic carbocycles. The predicted molar refractivity (Wildman–Crippen MR) is 118 cm³/mol. The maximum atomic E-state index is 15.5. The number of nitrogens with zero attached hydrogens (tertiary/aromatic N) is 1. The SMILES string of the molecule is CCSN[C@H]1[C@@H](F)CN(C(=O)C2CC2)[C@H]1Cc1cccc(-c2cc(C)cc(F)c2)c1F. The maximum Gasteiger partial charge on any atom is 0.226 e. The third-order valence-electron chi connectivity index (χ3n) is 6.01. The number of halogens is 3. The van der Waals surface area contributed by atoms with Crippen LogP contribution in [0.15, 0.2) is 36.4 Å². The third-order valence-corrected chi connectivity index (χ3v) is 6.74. The number of carbonyl (C=O) groups is 1. The fourth-order valence-electron chi connectivity index (χ4n) is 4.34. The van der Waals surface area contributed by atoms with Gasteiger partial charge in [-0.15, -0.1) is 0 Å². The molecule has 0 aromatic heterocycles. The van der Waals surface area contributed by atoms with Gasteiger partial charge in [0.2, 0.25) is 5.91 Å². The predicted octanol–water partition coefficient (Wildman–Crippen LogP) is 5.07. The number of nitrogens with one attached hydrogen (secondary N) is 1. The number of aryl methyl sites for hydroxylation is 1. The molecule has 2 aromatic carbocycles. The summed E-state index contributed by atoms with van der Waals surface area (Å²) in [6.07, 6.45) is 0.672. The molecule has 1 N–H and O–H groups in total. The summed E-state index contributed by atoms with van der Waals surface area (Å²) in [7, 11) is 0. The van der Waals surface area contributed by atoms with Crippen molar-refractivity contribution in [3.63, 3.8) is 0 Å². The fraction of sp³-hybridized carbons (Fsp3) is 0.458. The zero-order valence-electron chi connectivity index (χ0n) is 17.7. The molecule has 7 heteroatoms. The average molecular weight is 449 g/mol. The number of likely N-dealkylation sites (tertiary alicyclic amines) is 1. The molecule has 2 aliphatic rings. The van der Waals surface area contributed by atoms with Crippen molar-refractivity contribution in [1.82, 2.24) is 9.62 Å². The van der Waals surface area contributed by atoms with Gasteiger partial charge in [0.15, 0.2) is 0 Å². The van der Waals surface area contributed by atoms with E-state index in [4.69, 9.17) is 0 Å². The molecule has 0 bridgehead atoms. The van der Waals surface area contributed by atoms with E-state index in [0.717, 1.165) is 18.6 Å². The second kappa shape index (κ2) is 9.25. The van der Waals surface area contributed by atoms with Gasteiger partial charge >= 0.3 is 0 Å². The summed E-state index contributed by atoms with van der Waals surface area (Å²) in [5.74, 6) is -0.169. The molecular weight excluding hydrogens is 421 g/mol. The van der Waals surface area contributed by atoms with Crippen LogP contribution in [0.25, 0.3) is 11.1 Å². The van der Waals surface area contributed by atoms with Gasteiger partial charge in [-0.3, -0.25) is 9.52 Å². The number of hydrogen-bond donors (Lipinski definition) is 1. The monoisotopic (exact) mass is 448 g/mol. The Morgan fingerprint density at radius 3 is 2.68 bits per heavy atom. The van der Waals surface area contributed by atoms with Gasteiger partial charge in [-0.05, 0) is 55.0 Å². The summed E-state index contributed by atoms with van der Waals surface area (Å²) in [6, 6.07) is 8.43. The highest BCUT2D eigenvalue weighted by Crippen LogP contribution is 2.36. The van der Waals surface area contributed by atoms with Crippen LogP contribution in [-0.2, 0) is 11.2 Å². The van der Waals surface area contributed by atoms with Crippen molar-refractivity contribution >= 4 is 17.9 Å². The van der Waals surface area contributed by atoms with Gasteiger partial charge in [0.25, 0.3) is 0 Å². The van der Waals surface area contributed by atoms with Crippen molar-refractivity contribution in [2.45, 2.75) is 51.4 Å². The van der Waals surface area contributed by atoms with Crippen molar-refractivity contribution in [2.24, 2.45) is 5.92 Å². The number of carbonyl (C=O) groups excluding carboxylic acids is 1. The number of benzene rings is 2. The van der Waals surface area contributed by atoms with Gasteiger partial charge in [0.1, 0.15) is 17.8 Å². The van der Waals surface area contributed by atoms with Crippen molar-refractivity contribution in [3.8, 4) is 11.1 Å². The van der Waals surface area contributed by atoms with Crippen molar-refractivity contribution in [2.75, 3.05) is 12.3 Å². The largest absolute Gasteiger partial charge is 0.334 e. The minimum Gasteiger partial charge on any atom is -0.334 e. The Morgan fingerprint density at radius 1 is 1.23 bits per heavy atom. The van der Waals surface area contributed by atoms with Crippen LogP contribution >= 0.6 is 11.9 Å². The van der Waals surface area contributed by atoms with Crippen molar-refractivity contribution in [1.29, 1.82) is 0 Å². The van der Waals surface area contributed by atoms with Crippen LogP contribution in [-0.4, -0.2) is 41.4 Å². The minimum atomic E-state index is -1.20. The Labute approximate surface area is 185 Å². The molecule has 1 saturated carbocycles. The van der Waals surface area contributed by atoms with Crippen molar-refractivity contribution < 1.29 is 18.0 Å². The van der Waals surface area contributed by atoms with Gasteiger partial charge in [-0.25, -0.2) is 13.2 Å². The first-order valence-corrected chi connectivity index (χ1v) is 11.7. The molecule has 0 radical (unpaired) electrons. The van der Waals surface area contributed by atoms with E-state index in [0.29, 0.717) is 22.3 Å². The highest BCUT2D eigenvalue weighted by Gasteiger charge is 2.47. The van der Waals surface area contributed by atoms with E-state index in [9.17, 15) is 13.6 Å². The molecule has 4 rings (SSSR count). The third kappa shape index (κ3) is 4.77. The standard InChI is InChI=1S/C24H27F3N2OS/c1-3-31-28-23-20(26)13-29(24(30)15-7-8-15)21(23)12-16-5-4-6-19(22(16)27)17-9-14(2)10-18(25)11-17/h4-6,9-11,15,20-21,23,28H,3,7-8,12-13H2,1-2H3/t20-,21-,23-/m0/s1. The average Bonchev–Trinajstić information content (AvgIpc) is 3.52. The first-order valence-electron chi connectivity index (χ1n) is 10.8. The highest BCUT2D eigenvalue weighted by atomic mass is 32.2. The topological polar surface area (TPSA) is 32.3 Å². The Hall–Kier alpha value is -1.99. The number of rotatable bonds is 7. The van der Waals surface area contributed by atoms with E-state index in [1.54, 1.807) is 36.1 Å². The molecular formula is C24H27F3N2OS. The van der Waals surface area contributed by atoms with E-state index >= 15 is 4.39 Å². The van der Waals surface area contributed by atoms with Crippen LogP contribution in [0.4, 0.5) is 13.2 Å². The number of alkyl halides is 1. The van der Waals surface area contributed by atoms with Crippen LogP contribution in [0.1, 0.15) is 30.9 Å². The van der Waals surface area contributed by atoms with Crippen LogP contribution in [0, 0.1) is 24.5 Å². The molecule has 2 aromatic rings. The second-order valence-corrected chi connectivity index (χ2v) is 9.53. The molecule has 1 aliphatic heterocycles. The van der Waals surface area contributed by atoms with Gasteiger partial charge in [-0.1, -0.05) is 43.1 Å². The van der Waals surface area contributed by atoms with E-state index < -0.39 is 29.9 Å². The molecule has 0 unspecified atom stereocenters. The first-order chi connectivity index (χ1) is 14.9. The zero-order chi connectivity index (χ0) is 22.1. The Balaban J connectivity index is 1.65. The van der Waals surface area contributed by atoms with Gasteiger partial charge in [0, 0.05) is 17.2 Å². The van der Waals surface area contributed by atoms with E-state index in [1.807, 2.05) is 6.92 Å². The smallest absolute Gasteiger partial charge is 0.226 e. The van der Waals surface area contributed by atoms with Gasteiger partial charge < -0.3 is 4.90 Å².